The fourth-order valence-corrected chi connectivity index (χ4v) is 1.40. The molecule has 0 radical (unpaired) electrons. The van der Waals surface area contributed by atoms with Crippen molar-refractivity contribution < 1.29 is 23.9 Å². The van der Waals surface area contributed by atoms with Gasteiger partial charge in [-0.2, -0.15) is 0 Å². The van der Waals surface area contributed by atoms with Crippen LogP contribution in [0.25, 0.3) is 0 Å². The average Bonchev–Trinajstić information content (AvgIpc) is 2.42. The van der Waals surface area contributed by atoms with Gasteiger partial charge in [0.15, 0.2) is 19.5 Å². The van der Waals surface area contributed by atoms with Crippen molar-refractivity contribution in [3.63, 3.8) is 0 Å². The number of hydrogen-bond acceptors (Lipinski definition) is 5. The molecule has 6 nitrogen and oxygen atoms in total. The third-order valence-corrected chi connectivity index (χ3v) is 2.21. The lowest BCUT2D eigenvalue weighted by Crippen LogP contribution is -2.34. The lowest BCUT2D eigenvalue weighted by atomic mass is 10.2. The number of aldehydes is 1. The van der Waals surface area contributed by atoms with E-state index in [1.165, 1.54) is 0 Å². The highest BCUT2D eigenvalue weighted by Gasteiger charge is 2.10. The van der Waals surface area contributed by atoms with Crippen molar-refractivity contribution in [2.24, 2.45) is 0 Å². The van der Waals surface area contributed by atoms with Crippen molar-refractivity contribution in [1.82, 2.24) is 5.32 Å². The van der Waals surface area contributed by atoms with E-state index in [0.29, 0.717) is 17.6 Å². The Kier molecular flexibility index (Phi) is 6.22. The molecule has 0 saturated heterocycles. The molecule has 0 aliphatic carbocycles. The Labute approximate surface area is 117 Å². The van der Waals surface area contributed by atoms with Crippen LogP contribution in [-0.2, 0) is 14.3 Å². The van der Waals surface area contributed by atoms with Crippen LogP contribution in [0.5, 0.6) is 5.75 Å². The molecule has 0 heterocycles. The number of amides is 1. The standard InChI is InChI=1S/C14H17NO5/c1-10(2)15-13(17)8-20-14(18)9-19-12-6-4-3-5-11(12)7-16/h3-7,10H,8-9H2,1-2H3,(H,15,17). The number of rotatable bonds is 7. The lowest BCUT2D eigenvalue weighted by molar-refractivity contribution is -0.150. The molecule has 0 spiro atoms. The summed E-state index contributed by atoms with van der Waals surface area (Å²) in [5, 5.41) is 2.59. The summed E-state index contributed by atoms with van der Waals surface area (Å²) in [6.07, 6.45) is 0.636. The van der Waals surface area contributed by atoms with Gasteiger partial charge in [0.1, 0.15) is 5.75 Å². The second-order valence-corrected chi connectivity index (χ2v) is 4.33. The molecule has 1 aromatic rings. The van der Waals surface area contributed by atoms with Gasteiger partial charge in [0.2, 0.25) is 0 Å². The normalized spacial score (nSPS) is 9.95. The van der Waals surface area contributed by atoms with Crippen molar-refractivity contribution in [2.45, 2.75) is 19.9 Å². The highest BCUT2D eigenvalue weighted by atomic mass is 16.6. The minimum atomic E-state index is -0.676. The third-order valence-electron chi connectivity index (χ3n) is 2.21. The van der Waals surface area contributed by atoms with Crippen molar-refractivity contribution in [1.29, 1.82) is 0 Å². The fraction of sp³-hybridized carbons (Fsp3) is 0.357. The van der Waals surface area contributed by atoms with E-state index in [1.54, 1.807) is 38.1 Å². The first-order valence-corrected chi connectivity index (χ1v) is 6.15. The lowest BCUT2D eigenvalue weighted by Gasteiger charge is -2.10. The Morgan fingerprint density at radius 3 is 2.60 bits per heavy atom. The minimum absolute atomic E-state index is 0.0167. The molecule has 0 atom stereocenters. The first-order chi connectivity index (χ1) is 9.52. The molecule has 0 fully saturated rings. The van der Waals surface area contributed by atoms with E-state index in [-0.39, 0.29) is 25.2 Å². The second-order valence-electron chi connectivity index (χ2n) is 4.33. The van der Waals surface area contributed by atoms with Crippen molar-refractivity contribution in [3.05, 3.63) is 29.8 Å². The molecular formula is C14H17NO5. The highest BCUT2D eigenvalue weighted by molar-refractivity contribution is 5.81. The van der Waals surface area contributed by atoms with E-state index in [9.17, 15) is 14.4 Å². The summed E-state index contributed by atoms with van der Waals surface area (Å²) in [4.78, 5) is 33.4. The van der Waals surface area contributed by atoms with E-state index < -0.39 is 5.97 Å². The first-order valence-electron chi connectivity index (χ1n) is 6.15. The molecule has 20 heavy (non-hydrogen) atoms. The number of benzene rings is 1. The largest absolute Gasteiger partial charge is 0.481 e. The molecule has 1 amide bonds. The molecule has 108 valence electrons. The monoisotopic (exact) mass is 279 g/mol. The molecule has 0 unspecified atom stereocenters. The summed E-state index contributed by atoms with van der Waals surface area (Å²) in [7, 11) is 0. The minimum Gasteiger partial charge on any atom is -0.481 e. The molecule has 1 aromatic carbocycles. The van der Waals surface area contributed by atoms with Crippen LogP contribution in [0.3, 0.4) is 0 Å². The molecule has 1 N–H and O–H groups in total. The molecule has 0 bridgehead atoms. The van der Waals surface area contributed by atoms with Gasteiger partial charge in [-0.3, -0.25) is 9.59 Å². The number of carbonyl (C=O) groups is 3. The molecule has 6 heteroatoms. The zero-order chi connectivity index (χ0) is 15.0. The van der Waals surface area contributed by atoms with Gasteiger partial charge in [-0.25, -0.2) is 4.79 Å². The van der Waals surface area contributed by atoms with Gasteiger partial charge >= 0.3 is 5.97 Å². The topological polar surface area (TPSA) is 81.7 Å². The van der Waals surface area contributed by atoms with Gasteiger partial charge in [-0.05, 0) is 26.0 Å². The first kappa shape index (κ1) is 15.7. The van der Waals surface area contributed by atoms with Gasteiger partial charge in [-0.15, -0.1) is 0 Å². The molecule has 1 rings (SSSR count). The predicted molar refractivity (Wildman–Crippen MR) is 71.6 cm³/mol. The maximum absolute atomic E-state index is 11.4. The van der Waals surface area contributed by atoms with Gasteiger partial charge < -0.3 is 14.8 Å². The van der Waals surface area contributed by atoms with Crippen LogP contribution < -0.4 is 10.1 Å². The maximum atomic E-state index is 11.4. The Balaban J connectivity index is 2.36. The summed E-state index contributed by atoms with van der Waals surface area (Å²) in [5.74, 6) is -0.752. The van der Waals surface area contributed by atoms with Crippen LogP contribution in [0.15, 0.2) is 24.3 Å². The van der Waals surface area contributed by atoms with Crippen molar-refractivity contribution in [2.75, 3.05) is 13.2 Å². The molecule has 0 aliphatic rings. The summed E-state index contributed by atoms with van der Waals surface area (Å²) < 4.78 is 9.90. The Hall–Kier alpha value is -2.37. The zero-order valence-corrected chi connectivity index (χ0v) is 11.4. The average molecular weight is 279 g/mol. The van der Waals surface area contributed by atoms with E-state index in [4.69, 9.17) is 9.47 Å². The summed E-state index contributed by atoms with van der Waals surface area (Å²) in [5.41, 5.74) is 0.345. The van der Waals surface area contributed by atoms with Gasteiger partial charge in [0.05, 0.1) is 5.56 Å². The van der Waals surface area contributed by atoms with Crippen LogP contribution in [-0.4, -0.2) is 37.4 Å². The Bertz CT molecular complexity index is 484. The number of hydrogen-bond donors (Lipinski definition) is 1. The van der Waals surface area contributed by atoms with E-state index in [2.05, 4.69) is 5.32 Å². The smallest absolute Gasteiger partial charge is 0.344 e. The maximum Gasteiger partial charge on any atom is 0.344 e. The molecule has 0 saturated carbocycles. The number of ether oxygens (including phenoxy) is 2. The molecule has 0 aromatic heterocycles. The van der Waals surface area contributed by atoms with E-state index in [1.807, 2.05) is 0 Å². The predicted octanol–water partition coefficient (Wildman–Crippen LogP) is 0.946. The van der Waals surface area contributed by atoms with Gasteiger partial charge in [0, 0.05) is 6.04 Å². The van der Waals surface area contributed by atoms with E-state index >= 15 is 0 Å². The molecular weight excluding hydrogens is 262 g/mol. The highest BCUT2D eigenvalue weighted by Crippen LogP contribution is 2.15. The van der Waals surface area contributed by atoms with Crippen LogP contribution in [0.1, 0.15) is 24.2 Å². The van der Waals surface area contributed by atoms with Gasteiger partial charge in [0.25, 0.3) is 5.91 Å². The Morgan fingerprint density at radius 1 is 1.25 bits per heavy atom. The van der Waals surface area contributed by atoms with Crippen molar-refractivity contribution >= 4 is 18.2 Å². The van der Waals surface area contributed by atoms with Crippen LogP contribution in [0.4, 0.5) is 0 Å². The second kappa shape index (κ2) is 7.93. The van der Waals surface area contributed by atoms with Crippen LogP contribution in [0.2, 0.25) is 0 Å². The number of esters is 1. The summed E-state index contributed by atoms with van der Waals surface area (Å²) >= 11 is 0. The zero-order valence-electron chi connectivity index (χ0n) is 11.4. The summed E-state index contributed by atoms with van der Waals surface area (Å²) in [6.45, 7) is 2.90. The van der Waals surface area contributed by atoms with Crippen LogP contribution >= 0.6 is 0 Å². The number of nitrogens with one attached hydrogen (secondary N) is 1. The molecule has 0 aliphatic heterocycles. The Morgan fingerprint density at radius 2 is 1.95 bits per heavy atom. The fourth-order valence-electron chi connectivity index (χ4n) is 1.40. The quantitative estimate of drug-likeness (QED) is 0.593. The summed E-state index contributed by atoms with van der Waals surface area (Å²) in [6, 6.07) is 6.50. The number of carbonyl (C=O) groups excluding carboxylic acids is 3. The van der Waals surface area contributed by atoms with Crippen LogP contribution in [0, 0.1) is 0 Å². The third kappa shape index (κ3) is 5.51. The number of para-hydroxylation sites is 1. The SMILES string of the molecule is CC(C)NC(=O)COC(=O)COc1ccccc1C=O. The van der Waals surface area contributed by atoms with Gasteiger partial charge in [-0.1, -0.05) is 12.1 Å². The van der Waals surface area contributed by atoms with Crippen molar-refractivity contribution in [3.8, 4) is 5.75 Å². The van der Waals surface area contributed by atoms with E-state index in [0.717, 1.165) is 0 Å².